The Kier molecular flexibility index (Phi) is 3.70. The van der Waals surface area contributed by atoms with Crippen LogP contribution in [0.5, 0.6) is 0 Å². The molecule has 88 valence electrons. The Morgan fingerprint density at radius 2 is 1.75 bits per heavy atom. The molecule has 0 aliphatic rings. The van der Waals surface area contributed by atoms with Gasteiger partial charge in [-0.05, 0) is 26.0 Å². The zero-order valence-corrected chi connectivity index (χ0v) is 10.4. The van der Waals surface area contributed by atoms with Crippen molar-refractivity contribution in [2.45, 2.75) is 18.7 Å². The van der Waals surface area contributed by atoms with E-state index >= 15 is 0 Å². The van der Waals surface area contributed by atoms with E-state index in [1.165, 1.54) is 24.1 Å². The second kappa shape index (κ2) is 4.65. The standard InChI is InChI=1S/C11H15NO3S/c1-4-12(3)11(13)16(14,15)10-7-5-9(2)6-8-10/h5-8H,4H2,1-3H3. The first-order valence-electron chi connectivity index (χ1n) is 4.96. The normalized spacial score (nSPS) is 11.2. The predicted octanol–water partition coefficient (Wildman–Crippen LogP) is 1.84. The maximum atomic E-state index is 11.9. The average molecular weight is 241 g/mol. The minimum Gasteiger partial charge on any atom is -0.332 e. The number of carbonyl (C=O) groups excluding carboxylic acids is 1. The molecule has 0 saturated carbocycles. The quantitative estimate of drug-likeness (QED) is 0.794. The number of amides is 1. The third-order valence-electron chi connectivity index (χ3n) is 2.35. The van der Waals surface area contributed by atoms with Crippen molar-refractivity contribution in [3.8, 4) is 0 Å². The van der Waals surface area contributed by atoms with Crippen LogP contribution in [0, 0.1) is 6.92 Å². The fraction of sp³-hybridized carbons (Fsp3) is 0.364. The van der Waals surface area contributed by atoms with Crippen molar-refractivity contribution in [2.75, 3.05) is 13.6 Å². The zero-order valence-electron chi connectivity index (χ0n) is 9.60. The van der Waals surface area contributed by atoms with Crippen molar-refractivity contribution in [3.63, 3.8) is 0 Å². The summed E-state index contributed by atoms with van der Waals surface area (Å²) < 4.78 is 23.7. The Labute approximate surface area is 95.8 Å². The maximum absolute atomic E-state index is 11.9. The molecule has 0 bridgehead atoms. The highest BCUT2D eigenvalue weighted by Gasteiger charge is 2.27. The largest absolute Gasteiger partial charge is 0.343 e. The Hall–Kier alpha value is -1.36. The van der Waals surface area contributed by atoms with Crippen LogP contribution >= 0.6 is 0 Å². The van der Waals surface area contributed by atoms with Gasteiger partial charge in [-0.2, -0.15) is 0 Å². The first-order chi connectivity index (χ1) is 7.39. The highest BCUT2D eigenvalue weighted by molar-refractivity contribution is 8.06. The number of rotatable bonds is 2. The Morgan fingerprint density at radius 3 is 2.19 bits per heavy atom. The van der Waals surface area contributed by atoms with Gasteiger partial charge in [-0.3, -0.25) is 4.79 Å². The molecule has 0 saturated heterocycles. The molecule has 0 aliphatic carbocycles. The van der Waals surface area contributed by atoms with Crippen molar-refractivity contribution < 1.29 is 13.2 Å². The van der Waals surface area contributed by atoms with Gasteiger partial charge < -0.3 is 4.90 Å². The highest BCUT2D eigenvalue weighted by atomic mass is 32.2. The van der Waals surface area contributed by atoms with Crippen LogP contribution in [0.15, 0.2) is 29.2 Å². The van der Waals surface area contributed by atoms with Crippen LogP contribution in [-0.2, 0) is 9.84 Å². The number of nitrogens with zero attached hydrogens (tertiary/aromatic N) is 1. The summed E-state index contributed by atoms with van der Waals surface area (Å²) in [5, 5.41) is -0.862. The van der Waals surface area contributed by atoms with Gasteiger partial charge in [0.1, 0.15) is 0 Å². The molecule has 4 nitrogen and oxygen atoms in total. The van der Waals surface area contributed by atoms with E-state index < -0.39 is 15.1 Å². The van der Waals surface area contributed by atoms with E-state index in [2.05, 4.69) is 0 Å². The monoisotopic (exact) mass is 241 g/mol. The summed E-state index contributed by atoms with van der Waals surface area (Å²) in [5.74, 6) is 0. The maximum Gasteiger partial charge on any atom is 0.343 e. The molecular weight excluding hydrogens is 226 g/mol. The minimum atomic E-state index is -3.88. The van der Waals surface area contributed by atoms with E-state index in [0.717, 1.165) is 5.56 Å². The summed E-state index contributed by atoms with van der Waals surface area (Å²) in [4.78, 5) is 12.8. The Morgan fingerprint density at radius 1 is 1.25 bits per heavy atom. The molecule has 16 heavy (non-hydrogen) atoms. The number of hydrogen-bond acceptors (Lipinski definition) is 3. The lowest BCUT2D eigenvalue weighted by molar-refractivity contribution is 0.233. The van der Waals surface area contributed by atoms with Crippen LogP contribution in [0.4, 0.5) is 4.79 Å². The second-order valence-corrected chi connectivity index (χ2v) is 5.42. The van der Waals surface area contributed by atoms with Gasteiger partial charge in [0.2, 0.25) is 0 Å². The Bertz CT molecular complexity index is 476. The zero-order chi connectivity index (χ0) is 12.3. The van der Waals surface area contributed by atoms with Gasteiger partial charge in [-0.15, -0.1) is 0 Å². The molecule has 0 atom stereocenters. The smallest absolute Gasteiger partial charge is 0.332 e. The topological polar surface area (TPSA) is 54.5 Å². The van der Waals surface area contributed by atoms with Gasteiger partial charge in [-0.25, -0.2) is 8.42 Å². The molecule has 0 N–H and O–H groups in total. The van der Waals surface area contributed by atoms with Gasteiger partial charge in [0.25, 0.3) is 9.84 Å². The summed E-state index contributed by atoms with van der Waals surface area (Å²) in [5.41, 5.74) is 0.954. The van der Waals surface area contributed by atoms with E-state index in [4.69, 9.17) is 0 Å². The number of carbonyl (C=O) groups is 1. The summed E-state index contributed by atoms with van der Waals surface area (Å²) in [7, 11) is -2.41. The number of hydrogen-bond donors (Lipinski definition) is 0. The third kappa shape index (κ3) is 2.41. The summed E-state index contributed by atoms with van der Waals surface area (Å²) in [6.07, 6.45) is 0. The minimum absolute atomic E-state index is 0.0448. The van der Waals surface area contributed by atoms with Gasteiger partial charge in [0.15, 0.2) is 0 Å². The van der Waals surface area contributed by atoms with Crippen molar-refractivity contribution in [2.24, 2.45) is 0 Å². The van der Waals surface area contributed by atoms with E-state index in [9.17, 15) is 13.2 Å². The third-order valence-corrected chi connectivity index (χ3v) is 4.01. The molecule has 5 heteroatoms. The van der Waals surface area contributed by atoms with Crippen LogP contribution in [0.25, 0.3) is 0 Å². The number of aryl methyl sites for hydroxylation is 1. The van der Waals surface area contributed by atoms with Crippen LogP contribution in [0.3, 0.4) is 0 Å². The first-order valence-corrected chi connectivity index (χ1v) is 6.44. The van der Waals surface area contributed by atoms with Crippen molar-refractivity contribution >= 4 is 15.1 Å². The molecule has 1 aromatic carbocycles. The van der Waals surface area contributed by atoms with Crippen molar-refractivity contribution in [1.82, 2.24) is 4.90 Å². The van der Waals surface area contributed by atoms with E-state index in [1.54, 1.807) is 19.1 Å². The molecule has 0 unspecified atom stereocenters. The molecule has 1 rings (SSSR count). The van der Waals surface area contributed by atoms with Crippen LogP contribution < -0.4 is 0 Å². The van der Waals surface area contributed by atoms with E-state index in [1.807, 2.05) is 6.92 Å². The number of benzene rings is 1. The van der Waals surface area contributed by atoms with Crippen LogP contribution in [0.1, 0.15) is 12.5 Å². The molecule has 0 aromatic heterocycles. The van der Waals surface area contributed by atoms with Crippen LogP contribution in [0.2, 0.25) is 0 Å². The highest BCUT2D eigenvalue weighted by Crippen LogP contribution is 2.14. The Balaban J connectivity index is 3.12. The SMILES string of the molecule is CCN(C)C(=O)S(=O)(=O)c1ccc(C)cc1. The average Bonchev–Trinajstić information content (AvgIpc) is 2.27. The molecule has 0 spiro atoms. The van der Waals surface area contributed by atoms with E-state index in [-0.39, 0.29) is 4.90 Å². The molecule has 0 aliphatic heterocycles. The molecule has 1 amide bonds. The molecule has 0 radical (unpaired) electrons. The molecular formula is C11H15NO3S. The summed E-state index contributed by atoms with van der Waals surface area (Å²) in [6.45, 7) is 3.95. The van der Waals surface area contributed by atoms with Crippen LogP contribution in [-0.4, -0.2) is 32.1 Å². The molecule has 0 fully saturated rings. The number of sulfone groups is 1. The van der Waals surface area contributed by atoms with Gasteiger partial charge >= 0.3 is 5.24 Å². The van der Waals surface area contributed by atoms with Gasteiger partial charge in [-0.1, -0.05) is 17.7 Å². The first kappa shape index (κ1) is 12.7. The molecule has 0 heterocycles. The summed E-state index contributed by atoms with van der Waals surface area (Å²) in [6, 6.07) is 6.25. The second-order valence-electron chi connectivity index (χ2n) is 3.60. The lowest BCUT2D eigenvalue weighted by Gasteiger charge is -2.14. The predicted molar refractivity (Wildman–Crippen MR) is 62.1 cm³/mol. The fourth-order valence-electron chi connectivity index (χ4n) is 1.15. The van der Waals surface area contributed by atoms with E-state index in [0.29, 0.717) is 6.54 Å². The lowest BCUT2D eigenvalue weighted by atomic mass is 10.2. The lowest BCUT2D eigenvalue weighted by Crippen LogP contribution is -2.31. The van der Waals surface area contributed by atoms with Gasteiger partial charge in [0.05, 0.1) is 4.90 Å². The summed E-state index contributed by atoms with van der Waals surface area (Å²) >= 11 is 0. The fourth-order valence-corrected chi connectivity index (χ4v) is 2.39. The van der Waals surface area contributed by atoms with Crippen molar-refractivity contribution in [3.05, 3.63) is 29.8 Å². The van der Waals surface area contributed by atoms with Gasteiger partial charge in [0, 0.05) is 13.6 Å². The molecule has 1 aromatic rings. The van der Waals surface area contributed by atoms with Crippen molar-refractivity contribution in [1.29, 1.82) is 0 Å².